The Bertz CT molecular complexity index is 823. The number of guanidine groups is 1. The molecule has 0 atom stereocenters. The smallest absolute Gasteiger partial charge is 0.191 e. The van der Waals surface area contributed by atoms with E-state index in [1.165, 1.54) is 0 Å². The molecule has 1 aliphatic heterocycles. The first kappa shape index (κ1) is 26.5. The van der Waals surface area contributed by atoms with E-state index in [0.29, 0.717) is 13.1 Å². The number of halogens is 1. The Hall–Kier alpha value is -1.73. The lowest BCUT2D eigenvalue weighted by atomic mass is 10.1. The summed E-state index contributed by atoms with van der Waals surface area (Å²) in [6, 6.07) is 0. The molecule has 0 saturated carbocycles. The fraction of sp³-hybridized carbons (Fsp3) is 0.714. The quantitative estimate of drug-likeness (QED) is 0.196. The van der Waals surface area contributed by atoms with Gasteiger partial charge in [-0.2, -0.15) is 0 Å². The van der Waals surface area contributed by atoms with Crippen LogP contribution in [0.25, 0.3) is 0 Å². The highest BCUT2D eigenvalue weighted by atomic mass is 127. The second kappa shape index (κ2) is 13.7. The molecule has 3 heterocycles. The van der Waals surface area contributed by atoms with Crippen LogP contribution < -0.4 is 10.6 Å². The molecule has 0 radical (unpaired) electrons. The van der Waals surface area contributed by atoms with E-state index in [-0.39, 0.29) is 24.0 Å². The Morgan fingerprint density at radius 1 is 1.12 bits per heavy atom. The number of rotatable bonds is 10. The number of hydrogen-bond acceptors (Lipinski definition) is 7. The minimum atomic E-state index is 0. The monoisotopic (exact) mass is 560 g/mol. The molecular weight excluding hydrogens is 523 g/mol. The maximum Gasteiger partial charge on any atom is 0.191 e. The van der Waals surface area contributed by atoms with Crippen LogP contribution in [0.4, 0.5) is 0 Å². The molecule has 10 nitrogen and oxygen atoms in total. The van der Waals surface area contributed by atoms with E-state index in [4.69, 9.17) is 14.3 Å². The van der Waals surface area contributed by atoms with Gasteiger partial charge in [0.1, 0.15) is 11.6 Å². The molecule has 0 spiro atoms. The summed E-state index contributed by atoms with van der Waals surface area (Å²) in [6.45, 7) is 12.8. The Kier molecular flexibility index (Phi) is 11.4. The number of ether oxygens (including phenoxy) is 1. The van der Waals surface area contributed by atoms with Gasteiger partial charge >= 0.3 is 0 Å². The summed E-state index contributed by atoms with van der Waals surface area (Å²) in [6.07, 6.45) is 2.69. The van der Waals surface area contributed by atoms with Crippen molar-refractivity contribution in [1.29, 1.82) is 0 Å². The average Bonchev–Trinajstić information content (AvgIpc) is 3.35. The fourth-order valence-electron chi connectivity index (χ4n) is 3.55. The van der Waals surface area contributed by atoms with E-state index in [0.717, 1.165) is 93.3 Å². The maximum absolute atomic E-state index is 5.48. The van der Waals surface area contributed by atoms with E-state index in [1.807, 2.05) is 18.5 Å². The van der Waals surface area contributed by atoms with Crippen molar-refractivity contribution in [2.75, 3.05) is 39.4 Å². The Labute approximate surface area is 207 Å². The van der Waals surface area contributed by atoms with Crippen LogP contribution in [0.3, 0.4) is 0 Å². The van der Waals surface area contributed by atoms with Crippen molar-refractivity contribution in [1.82, 2.24) is 35.5 Å². The SMILES string of the molecule is CCc1noc(CC)c1CN=C(NCCCN1CCOCC1)NCc1nnc(C)n1C.I. The summed E-state index contributed by atoms with van der Waals surface area (Å²) in [5.41, 5.74) is 2.07. The van der Waals surface area contributed by atoms with Crippen LogP contribution in [0.2, 0.25) is 0 Å². The van der Waals surface area contributed by atoms with Crippen LogP contribution in [0.15, 0.2) is 9.52 Å². The van der Waals surface area contributed by atoms with Crippen LogP contribution in [-0.4, -0.2) is 70.2 Å². The van der Waals surface area contributed by atoms with Gasteiger partial charge in [0.25, 0.3) is 0 Å². The summed E-state index contributed by atoms with van der Waals surface area (Å²) in [4.78, 5) is 7.26. The zero-order valence-corrected chi connectivity index (χ0v) is 22.0. The van der Waals surface area contributed by atoms with Crippen molar-refractivity contribution >= 4 is 29.9 Å². The van der Waals surface area contributed by atoms with Gasteiger partial charge in [0.2, 0.25) is 0 Å². The number of aliphatic imine (C=N–C) groups is 1. The topological polar surface area (TPSA) is 106 Å². The Balaban J connectivity index is 0.00000363. The van der Waals surface area contributed by atoms with E-state index >= 15 is 0 Å². The first-order valence-electron chi connectivity index (χ1n) is 11.3. The molecule has 0 amide bonds. The van der Waals surface area contributed by atoms with Crippen LogP contribution in [0.1, 0.15) is 48.9 Å². The van der Waals surface area contributed by atoms with Gasteiger partial charge in [0.05, 0.1) is 32.0 Å². The van der Waals surface area contributed by atoms with Gasteiger partial charge in [-0.25, -0.2) is 4.99 Å². The maximum atomic E-state index is 5.48. The van der Waals surface area contributed by atoms with Gasteiger partial charge < -0.3 is 24.5 Å². The van der Waals surface area contributed by atoms with E-state index in [9.17, 15) is 0 Å². The molecule has 0 unspecified atom stereocenters. The highest BCUT2D eigenvalue weighted by molar-refractivity contribution is 14.0. The summed E-state index contributed by atoms with van der Waals surface area (Å²) in [5, 5.41) is 19.4. The minimum absolute atomic E-state index is 0. The largest absolute Gasteiger partial charge is 0.379 e. The van der Waals surface area contributed by atoms with E-state index < -0.39 is 0 Å². The van der Waals surface area contributed by atoms with Crippen LogP contribution >= 0.6 is 24.0 Å². The number of morpholine rings is 1. The molecule has 0 aromatic carbocycles. The van der Waals surface area contributed by atoms with Crippen molar-refractivity contribution in [2.45, 2.75) is 53.1 Å². The predicted molar refractivity (Wildman–Crippen MR) is 134 cm³/mol. The van der Waals surface area contributed by atoms with Gasteiger partial charge in [-0.3, -0.25) is 4.90 Å². The summed E-state index contributed by atoms with van der Waals surface area (Å²) >= 11 is 0. The highest BCUT2D eigenvalue weighted by Crippen LogP contribution is 2.16. The lowest BCUT2D eigenvalue weighted by Gasteiger charge is -2.26. The number of aromatic nitrogens is 4. The first-order chi connectivity index (χ1) is 15.1. The molecule has 2 aromatic rings. The average molecular weight is 560 g/mol. The Morgan fingerprint density at radius 2 is 1.91 bits per heavy atom. The van der Waals surface area contributed by atoms with E-state index in [1.54, 1.807) is 0 Å². The number of hydrogen-bond donors (Lipinski definition) is 2. The third-order valence-electron chi connectivity index (χ3n) is 5.65. The normalized spacial score (nSPS) is 14.9. The molecule has 3 rings (SSSR count). The highest BCUT2D eigenvalue weighted by Gasteiger charge is 2.14. The third kappa shape index (κ3) is 7.41. The van der Waals surface area contributed by atoms with Gasteiger partial charge in [0.15, 0.2) is 11.8 Å². The Morgan fingerprint density at radius 3 is 2.56 bits per heavy atom. The lowest BCUT2D eigenvalue weighted by Crippen LogP contribution is -2.40. The van der Waals surface area contributed by atoms with Crippen molar-refractivity contribution < 1.29 is 9.26 Å². The van der Waals surface area contributed by atoms with Gasteiger partial charge in [-0.05, 0) is 26.3 Å². The molecule has 180 valence electrons. The molecule has 1 saturated heterocycles. The number of nitrogens with zero attached hydrogens (tertiary/aromatic N) is 6. The zero-order chi connectivity index (χ0) is 22.1. The van der Waals surface area contributed by atoms with E-state index in [2.05, 4.69) is 44.7 Å². The third-order valence-corrected chi connectivity index (χ3v) is 5.65. The molecule has 11 heteroatoms. The van der Waals surface area contributed by atoms with Crippen LogP contribution in [-0.2, 0) is 37.7 Å². The first-order valence-corrected chi connectivity index (χ1v) is 11.3. The molecule has 1 fully saturated rings. The molecule has 1 aliphatic rings. The minimum Gasteiger partial charge on any atom is -0.379 e. The molecule has 0 bridgehead atoms. The summed E-state index contributed by atoms with van der Waals surface area (Å²) < 4.78 is 12.9. The molecule has 2 aromatic heterocycles. The van der Waals surface area contributed by atoms with Gasteiger partial charge in [-0.1, -0.05) is 19.0 Å². The zero-order valence-electron chi connectivity index (χ0n) is 19.7. The molecular formula is C21H37IN8O2. The second-order valence-electron chi connectivity index (χ2n) is 7.71. The van der Waals surface area contributed by atoms with Crippen LogP contribution in [0, 0.1) is 6.92 Å². The standard InChI is InChI=1S/C21H36N8O2.HI/c1-5-18-17(19(6-2)31-27-18)14-23-21(24-15-20-26-25-16(3)28(20)4)22-8-7-9-29-10-12-30-13-11-29;/h5-15H2,1-4H3,(H2,22,23,24);1H. The molecule has 2 N–H and O–H groups in total. The molecule has 0 aliphatic carbocycles. The second-order valence-corrected chi connectivity index (χ2v) is 7.71. The van der Waals surface area contributed by atoms with Gasteiger partial charge in [-0.15, -0.1) is 34.2 Å². The summed E-state index contributed by atoms with van der Waals surface area (Å²) in [5.74, 6) is 3.43. The number of aryl methyl sites for hydroxylation is 3. The van der Waals surface area contributed by atoms with Crippen molar-refractivity contribution in [3.8, 4) is 0 Å². The predicted octanol–water partition coefficient (Wildman–Crippen LogP) is 1.81. The van der Waals surface area contributed by atoms with Crippen molar-refractivity contribution in [3.05, 3.63) is 28.7 Å². The van der Waals surface area contributed by atoms with Crippen LogP contribution in [0.5, 0.6) is 0 Å². The van der Waals surface area contributed by atoms with Crippen molar-refractivity contribution in [3.63, 3.8) is 0 Å². The summed E-state index contributed by atoms with van der Waals surface area (Å²) in [7, 11) is 1.97. The van der Waals surface area contributed by atoms with Crippen molar-refractivity contribution in [2.24, 2.45) is 12.0 Å². The lowest BCUT2D eigenvalue weighted by molar-refractivity contribution is 0.0376. The van der Waals surface area contributed by atoms with Gasteiger partial charge in [0, 0.05) is 38.7 Å². The number of nitrogens with one attached hydrogen (secondary N) is 2. The molecule has 32 heavy (non-hydrogen) atoms. The fourth-order valence-corrected chi connectivity index (χ4v) is 3.55.